The maximum Gasteiger partial charge on any atom is 0.170 e. The number of thiocarbonyl (C=S) groups is 1. The van der Waals surface area contributed by atoms with E-state index in [-0.39, 0.29) is 0 Å². The average Bonchev–Trinajstić information content (AvgIpc) is 2.54. The Bertz CT molecular complexity index is 626. The maximum atomic E-state index is 5.89. The van der Waals surface area contributed by atoms with Crippen molar-refractivity contribution in [1.29, 1.82) is 0 Å². The molecule has 0 bridgehead atoms. The van der Waals surface area contributed by atoms with E-state index in [1.165, 1.54) is 10.5 Å². The van der Waals surface area contributed by atoms with Crippen LogP contribution in [0.15, 0.2) is 53.4 Å². The lowest BCUT2D eigenvalue weighted by Crippen LogP contribution is -2.32. The topological polar surface area (TPSA) is 24.1 Å². The monoisotopic (exact) mass is 364 g/mol. The lowest BCUT2D eigenvalue weighted by molar-refractivity contribution is 0.637. The van der Waals surface area contributed by atoms with Gasteiger partial charge in [0.15, 0.2) is 5.11 Å². The van der Waals surface area contributed by atoms with Crippen LogP contribution in [0.5, 0.6) is 0 Å². The molecule has 2 rings (SSSR count). The smallest absolute Gasteiger partial charge is 0.170 e. The van der Waals surface area contributed by atoms with Crippen LogP contribution < -0.4 is 10.6 Å². The molecular formula is C18H21ClN2S2. The van der Waals surface area contributed by atoms with E-state index < -0.39 is 0 Å². The lowest BCUT2D eigenvalue weighted by Gasteiger charge is -2.15. The molecule has 2 aromatic carbocycles. The van der Waals surface area contributed by atoms with Crippen molar-refractivity contribution in [2.24, 2.45) is 5.92 Å². The summed E-state index contributed by atoms with van der Waals surface area (Å²) in [6, 6.07) is 16.1. The van der Waals surface area contributed by atoms with Crippen LogP contribution in [0.2, 0.25) is 5.02 Å². The second kappa shape index (κ2) is 9.16. The number of hydrogen-bond acceptors (Lipinski definition) is 2. The van der Waals surface area contributed by atoms with Gasteiger partial charge in [-0.15, -0.1) is 11.8 Å². The van der Waals surface area contributed by atoms with E-state index in [9.17, 15) is 0 Å². The number of anilines is 1. The number of hydrogen-bond donors (Lipinski definition) is 2. The van der Waals surface area contributed by atoms with Gasteiger partial charge in [0.25, 0.3) is 0 Å². The summed E-state index contributed by atoms with van der Waals surface area (Å²) < 4.78 is 0. The second-order valence-electron chi connectivity index (χ2n) is 5.57. The molecule has 5 heteroatoms. The van der Waals surface area contributed by atoms with Crippen molar-refractivity contribution >= 4 is 46.4 Å². The standard InChI is InChI=1S/C18H21ClN2S2/c1-13-3-7-16(8-4-13)21-18(22)20-11-14(2)12-23-17-9-5-15(19)6-10-17/h3-10,14H,11-12H2,1-2H3,(H2,20,21,22)/t14-/m0/s1. The van der Waals surface area contributed by atoms with Crippen LogP contribution in [0.4, 0.5) is 5.69 Å². The molecule has 23 heavy (non-hydrogen) atoms. The summed E-state index contributed by atoms with van der Waals surface area (Å²) in [6.45, 7) is 5.13. The summed E-state index contributed by atoms with van der Waals surface area (Å²) in [7, 11) is 0. The molecule has 0 radical (unpaired) electrons. The van der Waals surface area contributed by atoms with Gasteiger partial charge in [-0.05, 0) is 61.5 Å². The van der Waals surface area contributed by atoms with Crippen LogP contribution >= 0.6 is 35.6 Å². The highest BCUT2D eigenvalue weighted by Gasteiger charge is 2.05. The summed E-state index contributed by atoms with van der Waals surface area (Å²) >= 11 is 13.1. The Morgan fingerprint density at radius 1 is 1.13 bits per heavy atom. The summed E-state index contributed by atoms with van der Waals surface area (Å²) in [6.07, 6.45) is 0. The number of aryl methyl sites for hydroxylation is 1. The highest BCUT2D eigenvalue weighted by Crippen LogP contribution is 2.22. The molecular weight excluding hydrogens is 344 g/mol. The summed E-state index contributed by atoms with van der Waals surface area (Å²) in [5.41, 5.74) is 2.25. The minimum atomic E-state index is 0.508. The maximum absolute atomic E-state index is 5.89. The van der Waals surface area contributed by atoms with Gasteiger partial charge < -0.3 is 10.6 Å². The SMILES string of the molecule is Cc1ccc(NC(=S)NC[C@H](C)CSc2ccc(Cl)cc2)cc1. The molecule has 0 fully saturated rings. The fraction of sp³-hybridized carbons (Fsp3) is 0.278. The molecule has 1 atom stereocenters. The van der Waals surface area contributed by atoms with Gasteiger partial charge in [0, 0.05) is 27.9 Å². The first-order valence-corrected chi connectivity index (χ1v) is 9.30. The Morgan fingerprint density at radius 3 is 2.43 bits per heavy atom. The number of nitrogens with one attached hydrogen (secondary N) is 2. The van der Waals surface area contributed by atoms with E-state index in [1.807, 2.05) is 36.0 Å². The first-order valence-electron chi connectivity index (χ1n) is 7.53. The van der Waals surface area contributed by atoms with Crippen molar-refractivity contribution in [2.45, 2.75) is 18.7 Å². The number of thioether (sulfide) groups is 1. The summed E-state index contributed by atoms with van der Waals surface area (Å²) in [5, 5.41) is 7.92. The molecule has 0 amide bonds. The summed E-state index contributed by atoms with van der Waals surface area (Å²) in [5.74, 6) is 1.54. The predicted molar refractivity (Wildman–Crippen MR) is 107 cm³/mol. The van der Waals surface area contributed by atoms with Gasteiger partial charge >= 0.3 is 0 Å². The van der Waals surface area contributed by atoms with Gasteiger partial charge in [-0.1, -0.05) is 36.2 Å². The predicted octanol–water partition coefficient (Wildman–Crippen LogP) is 5.36. The molecule has 0 aliphatic heterocycles. The van der Waals surface area contributed by atoms with Crippen molar-refractivity contribution in [3.8, 4) is 0 Å². The van der Waals surface area contributed by atoms with Crippen molar-refractivity contribution in [1.82, 2.24) is 5.32 Å². The van der Waals surface area contributed by atoms with Crippen LogP contribution in [0.25, 0.3) is 0 Å². The van der Waals surface area contributed by atoms with Crippen LogP contribution in [0.1, 0.15) is 12.5 Å². The van der Waals surface area contributed by atoms with Crippen molar-refractivity contribution in [2.75, 3.05) is 17.6 Å². The molecule has 0 aromatic heterocycles. The zero-order chi connectivity index (χ0) is 16.7. The molecule has 2 aromatic rings. The highest BCUT2D eigenvalue weighted by molar-refractivity contribution is 7.99. The van der Waals surface area contributed by atoms with E-state index >= 15 is 0 Å². The normalized spacial score (nSPS) is 11.8. The lowest BCUT2D eigenvalue weighted by atomic mass is 10.2. The van der Waals surface area contributed by atoms with Crippen LogP contribution in [-0.4, -0.2) is 17.4 Å². The van der Waals surface area contributed by atoms with E-state index in [0.29, 0.717) is 11.0 Å². The van der Waals surface area contributed by atoms with Gasteiger partial charge in [0.2, 0.25) is 0 Å². The largest absolute Gasteiger partial charge is 0.362 e. The number of rotatable bonds is 6. The van der Waals surface area contributed by atoms with Gasteiger partial charge in [-0.25, -0.2) is 0 Å². The van der Waals surface area contributed by atoms with Crippen LogP contribution in [-0.2, 0) is 0 Å². The fourth-order valence-electron chi connectivity index (χ4n) is 1.91. The third-order valence-corrected chi connectivity index (χ3v) is 5.11. The van der Waals surface area contributed by atoms with Crippen LogP contribution in [0.3, 0.4) is 0 Å². The van der Waals surface area contributed by atoms with Gasteiger partial charge in [0.1, 0.15) is 0 Å². The molecule has 0 unspecified atom stereocenters. The Morgan fingerprint density at radius 2 is 1.78 bits per heavy atom. The Hall–Kier alpha value is -1.23. The first-order chi connectivity index (χ1) is 11.0. The second-order valence-corrected chi connectivity index (χ2v) is 7.51. The highest BCUT2D eigenvalue weighted by atomic mass is 35.5. The van der Waals surface area contributed by atoms with Gasteiger partial charge in [-0.3, -0.25) is 0 Å². The molecule has 0 saturated heterocycles. The average molecular weight is 365 g/mol. The van der Waals surface area contributed by atoms with E-state index in [4.69, 9.17) is 23.8 Å². The quantitative estimate of drug-likeness (QED) is 0.532. The molecule has 0 aliphatic rings. The summed E-state index contributed by atoms with van der Waals surface area (Å²) in [4.78, 5) is 1.24. The van der Waals surface area contributed by atoms with E-state index in [2.05, 4.69) is 48.7 Å². The Labute approximate surface area is 153 Å². The third kappa shape index (κ3) is 6.81. The molecule has 2 nitrogen and oxygen atoms in total. The molecule has 0 saturated carbocycles. The minimum Gasteiger partial charge on any atom is -0.362 e. The number of benzene rings is 2. The zero-order valence-corrected chi connectivity index (χ0v) is 15.7. The van der Waals surface area contributed by atoms with Gasteiger partial charge in [-0.2, -0.15) is 0 Å². The van der Waals surface area contributed by atoms with Crippen molar-refractivity contribution in [3.63, 3.8) is 0 Å². The first kappa shape index (κ1) is 18.1. The molecule has 122 valence electrons. The minimum absolute atomic E-state index is 0.508. The number of halogens is 1. The van der Waals surface area contributed by atoms with Crippen molar-refractivity contribution in [3.05, 3.63) is 59.1 Å². The fourth-order valence-corrected chi connectivity index (χ4v) is 3.16. The van der Waals surface area contributed by atoms with Crippen LogP contribution in [0, 0.1) is 12.8 Å². The third-order valence-electron chi connectivity index (χ3n) is 3.27. The Balaban J connectivity index is 1.69. The van der Waals surface area contributed by atoms with Gasteiger partial charge in [0.05, 0.1) is 0 Å². The zero-order valence-electron chi connectivity index (χ0n) is 13.3. The molecule has 0 heterocycles. The Kier molecular flexibility index (Phi) is 7.21. The van der Waals surface area contributed by atoms with Crippen molar-refractivity contribution < 1.29 is 0 Å². The van der Waals surface area contributed by atoms with E-state index in [0.717, 1.165) is 23.0 Å². The molecule has 0 aliphatic carbocycles. The molecule has 0 spiro atoms. The molecule has 2 N–H and O–H groups in total. The van der Waals surface area contributed by atoms with E-state index in [1.54, 1.807) is 0 Å².